The molecule has 1 heterocycles. The van der Waals surface area contributed by atoms with E-state index in [2.05, 4.69) is 9.82 Å². The predicted molar refractivity (Wildman–Crippen MR) is 72.3 cm³/mol. The standard InChI is InChI=1S/C11H19N3O6S/c1-7-11(8(2)14(13-7)6-9(15)16)21(17,18)12-5-10(19-3)20-4/h10,12H,5-6H2,1-4H3,(H,15,16). The maximum Gasteiger partial charge on any atom is 0.325 e. The van der Waals surface area contributed by atoms with Crippen molar-refractivity contribution < 1.29 is 27.8 Å². The SMILES string of the molecule is COC(CNS(=O)(=O)c1c(C)nn(CC(=O)O)c1C)OC. The minimum Gasteiger partial charge on any atom is -0.480 e. The van der Waals surface area contributed by atoms with Crippen molar-refractivity contribution in [1.82, 2.24) is 14.5 Å². The monoisotopic (exact) mass is 321 g/mol. The van der Waals surface area contributed by atoms with Crippen LogP contribution in [-0.2, 0) is 30.8 Å². The lowest BCUT2D eigenvalue weighted by atomic mass is 10.4. The summed E-state index contributed by atoms with van der Waals surface area (Å²) >= 11 is 0. The van der Waals surface area contributed by atoms with Crippen molar-refractivity contribution in [3.05, 3.63) is 11.4 Å². The van der Waals surface area contributed by atoms with E-state index in [1.54, 1.807) is 0 Å². The fourth-order valence-electron chi connectivity index (χ4n) is 1.86. The maximum absolute atomic E-state index is 12.3. The number of aromatic nitrogens is 2. The van der Waals surface area contributed by atoms with Crippen molar-refractivity contribution in [2.75, 3.05) is 20.8 Å². The average Bonchev–Trinajstić information content (AvgIpc) is 2.65. The van der Waals surface area contributed by atoms with E-state index in [0.29, 0.717) is 0 Å². The second kappa shape index (κ2) is 6.98. The van der Waals surface area contributed by atoms with E-state index in [1.807, 2.05) is 0 Å². The van der Waals surface area contributed by atoms with Gasteiger partial charge in [0.25, 0.3) is 0 Å². The third-order valence-electron chi connectivity index (χ3n) is 2.83. The molecular formula is C11H19N3O6S. The van der Waals surface area contributed by atoms with Crippen molar-refractivity contribution in [2.24, 2.45) is 0 Å². The third kappa shape index (κ3) is 4.24. The van der Waals surface area contributed by atoms with E-state index >= 15 is 0 Å². The van der Waals surface area contributed by atoms with Crippen LogP contribution in [0.1, 0.15) is 11.4 Å². The molecule has 0 aliphatic heterocycles. The number of aliphatic carboxylic acids is 1. The summed E-state index contributed by atoms with van der Waals surface area (Å²) < 4.78 is 37.9. The van der Waals surface area contributed by atoms with Gasteiger partial charge in [-0.2, -0.15) is 5.10 Å². The fraction of sp³-hybridized carbons (Fsp3) is 0.636. The van der Waals surface area contributed by atoms with Gasteiger partial charge in [0.05, 0.1) is 17.9 Å². The molecule has 0 amide bonds. The van der Waals surface area contributed by atoms with E-state index in [9.17, 15) is 13.2 Å². The number of methoxy groups -OCH3 is 2. The van der Waals surface area contributed by atoms with E-state index < -0.39 is 28.8 Å². The van der Waals surface area contributed by atoms with Crippen molar-refractivity contribution in [3.63, 3.8) is 0 Å². The molecule has 9 nitrogen and oxygen atoms in total. The van der Waals surface area contributed by atoms with Gasteiger partial charge in [-0.15, -0.1) is 0 Å². The van der Waals surface area contributed by atoms with Gasteiger partial charge in [-0.05, 0) is 13.8 Å². The Kier molecular flexibility index (Phi) is 5.84. The van der Waals surface area contributed by atoms with Gasteiger partial charge >= 0.3 is 5.97 Å². The first kappa shape index (κ1) is 17.6. The van der Waals surface area contributed by atoms with Gasteiger partial charge in [-0.3, -0.25) is 9.48 Å². The molecule has 0 saturated carbocycles. The summed E-state index contributed by atoms with van der Waals surface area (Å²) in [5, 5.41) is 12.7. The molecule has 1 aromatic rings. The van der Waals surface area contributed by atoms with Crippen molar-refractivity contribution in [3.8, 4) is 0 Å². The van der Waals surface area contributed by atoms with Crippen molar-refractivity contribution >= 4 is 16.0 Å². The van der Waals surface area contributed by atoms with E-state index in [0.717, 1.165) is 4.68 Å². The van der Waals surface area contributed by atoms with E-state index in [-0.39, 0.29) is 22.8 Å². The number of ether oxygens (including phenoxy) is 2. The van der Waals surface area contributed by atoms with Crippen LogP contribution in [0, 0.1) is 13.8 Å². The highest BCUT2D eigenvalue weighted by molar-refractivity contribution is 7.89. The Morgan fingerprint density at radius 3 is 2.43 bits per heavy atom. The molecule has 1 rings (SSSR count). The number of hydrogen-bond acceptors (Lipinski definition) is 6. The molecule has 0 unspecified atom stereocenters. The number of nitrogens with one attached hydrogen (secondary N) is 1. The quantitative estimate of drug-likeness (QED) is 0.618. The summed E-state index contributed by atoms with van der Waals surface area (Å²) in [5.41, 5.74) is 0.487. The number of carboxylic acid groups (broad SMARTS) is 1. The van der Waals surface area contributed by atoms with Crippen LogP contribution in [0.4, 0.5) is 0 Å². The average molecular weight is 321 g/mol. The van der Waals surface area contributed by atoms with Gasteiger partial charge in [0, 0.05) is 14.2 Å². The Hall–Kier alpha value is -1.49. The van der Waals surface area contributed by atoms with Crippen LogP contribution >= 0.6 is 0 Å². The number of aryl methyl sites for hydroxylation is 1. The van der Waals surface area contributed by atoms with Crippen LogP contribution < -0.4 is 4.72 Å². The zero-order valence-corrected chi connectivity index (χ0v) is 13.1. The minimum atomic E-state index is -3.84. The van der Waals surface area contributed by atoms with Crippen LogP contribution in [0.3, 0.4) is 0 Å². The van der Waals surface area contributed by atoms with Gasteiger partial charge < -0.3 is 14.6 Å². The topological polar surface area (TPSA) is 120 Å². The van der Waals surface area contributed by atoms with Gasteiger partial charge in [-0.25, -0.2) is 13.1 Å². The smallest absolute Gasteiger partial charge is 0.325 e. The first-order valence-corrected chi connectivity index (χ1v) is 7.52. The predicted octanol–water partition coefficient (Wildman–Crippen LogP) is -0.518. The van der Waals surface area contributed by atoms with Crippen LogP contribution in [0.15, 0.2) is 4.90 Å². The molecule has 0 aliphatic carbocycles. The van der Waals surface area contributed by atoms with E-state index in [1.165, 1.54) is 28.1 Å². The molecule has 120 valence electrons. The van der Waals surface area contributed by atoms with Crippen LogP contribution in [0.2, 0.25) is 0 Å². The highest BCUT2D eigenvalue weighted by Crippen LogP contribution is 2.19. The number of carbonyl (C=O) groups is 1. The Bertz CT molecular complexity index is 606. The molecule has 0 saturated heterocycles. The highest BCUT2D eigenvalue weighted by Gasteiger charge is 2.25. The lowest BCUT2D eigenvalue weighted by Gasteiger charge is -2.14. The van der Waals surface area contributed by atoms with Crippen molar-refractivity contribution in [1.29, 1.82) is 0 Å². The molecule has 1 aromatic heterocycles. The molecule has 10 heteroatoms. The lowest BCUT2D eigenvalue weighted by molar-refractivity contribution is -0.137. The Balaban J connectivity index is 3.03. The summed E-state index contributed by atoms with van der Waals surface area (Å²) in [6.45, 7) is 2.53. The molecule has 0 aromatic carbocycles. The molecule has 0 aliphatic rings. The molecule has 0 fully saturated rings. The normalized spacial score (nSPS) is 12.0. The number of carboxylic acids is 1. The highest BCUT2D eigenvalue weighted by atomic mass is 32.2. The number of hydrogen-bond donors (Lipinski definition) is 2. The fourth-order valence-corrected chi connectivity index (χ4v) is 3.29. The molecule has 21 heavy (non-hydrogen) atoms. The van der Waals surface area contributed by atoms with Gasteiger partial charge in [-0.1, -0.05) is 0 Å². The maximum atomic E-state index is 12.3. The Labute approximate surface area is 122 Å². The first-order valence-electron chi connectivity index (χ1n) is 6.04. The van der Waals surface area contributed by atoms with E-state index in [4.69, 9.17) is 14.6 Å². The second-order valence-electron chi connectivity index (χ2n) is 4.30. The van der Waals surface area contributed by atoms with Crippen molar-refractivity contribution in [2.45, 2.75) is 31.6 Å². The Morgan fingerprint density at radius 1 is 1.38 bits per heavy atom. The molecular weight excluding hydrogens is 302 g/mol. The van der Waals surface area contributed by atoms with Gasteiger partial charge in [0.1, 0.15) is 11.4 Å². The summed E-state index contributed by atoms with van der Waals surface area (Å²) in [7, 11) is -1.05. The molecule has 2 N–H and O–H groups in total. The first-order chi connectivity index (χ1) is 9.72. The molecule has 0 radical (unpaired) electrons. The van der Waals surface area contributed by atoms with Crippen LogP contribution in [0.5, 0.6) is 0 Å². The zero-order valence-electron chi connectivity index (χ0n) is 12.3. The molecule has 0 spiro atoms. The third-order valence-corrected chi connectivity index (χ3v) is 4.51. The molecule has 0 atom stereocenters. The largest absolute Gasteiger partial charge is 0.480 e. The number of rotatable bonds is 8. The number of nitrogens with zero attached hydrogens (tertiary/aromatic N) is 2. The van der Waals surface area contributed by atoms with Gasteiger partial charge in [0.2, 0.25) is 10.0 Å². The summed E-state index contributed by atoms with van der Waals surface area (Å²) in [6.07, 6.45) is -0.713. The Morgan fingerprint density at radius 2 is 1.95 bits per heavy atom. The summed E-state index contributed by atoms with van der Waals surface area (Å²) in [5.74, 6) is -1.10. The van der Waals surface area contributed by atoms with Gasteiger partial charge in [0.15, 0.2) is 6.29 Å². The zero-order chi connectivity index (χ0) is 16.2. The second-order valence-corrected chi connectivity index (χ2v) is 6.01. The minimum absolute atomic E-state index is 0.0327. The molecule has 0 bridgehead atoms. The van der Waals surface area contributed by atoms with Crippen LogP contribution in [0.25, 0.3) is 0 Å². The number of sulfonamides is 1. The van der Waals surface area contributed by atoms with Crippen LogP contribution in [-0.4, -0.2) is 56.3 Å². The summed E-state index contributed by atoms with van der Waals surface area (Å²) in [4.78, 5) is 10.7. The lowest BCUT2D eigenvalue weighted by Crippen LogP contribution is -2.34. The summed E-state index contributed by atoms with van der Waals surface area (Å²) in [6, 6.07) is 0.